The van der Waals surface area contributed by atoms with Crippen molar-refractivity contribution in [3.63, 3.8) is 0 Å². The van der Waals surface area contributed by atoms with Crippen LogP contribution in [0.2, 0.25) is 0 Å². The molecule has 1 fully saturated rings. The second-order valence-corrected chi connectivity index (χ2v) is 9.94. The molecule has 29 heavy (non-hydrogen) atoms. The number of carbonyl (C=O) groups is 2. The highest BCUT2D eigenvalue weighted by Crippen LogP contribution is 2.24. The number of carbonyl (C=O) groups excluding carboxylic acids is 2. The van der Waals surface area contributed by atoms with E-state index >= 15 is 0 Å². The van der Waals surface area contributed by atoms with Gasteiger partial charge in [-0.05, 0) is 53.9 Å². The molecule has 0 unspecified atom stereocenters. The zero-order valence-electron chi connectivity index (χ0n) is 16.2. The molecule has 1 saturated heterocycles. The van der Waals surface area contributed by atoms with Crippen molar-refractivity contribution in [2.45, 2.75) is 24.7 Å². The van der Waals surface area contributed by atoms with Gasteiger partial charge in [-0.25, -0.2) is 8.42 Å². The van der Waals surface area contributed by atoms with E-state index in [9.17, 15) is 18.0 Å². The first-order chi connectivity index (χ1) is 13.7. The summed E-state index contributed by atoms with van der Waals surface area (Å²) < 4.78 is 29.3. The number of aromatic nitrogens is 1. The number of hydrogen-bond acceptors (Lipinski definition) is 4. The number of sulfonamides is 1. The summed E-state index contributed by atoms with van der Waals surface area (Å²) in [6.45, 7) is 2.41. The third kappa shape index (κ3) is 4.88. The minimum Gasteiger partial charge on any atom is -0.345 e. The van der Waals surface area contributed by atoms with E-state index in [1.165, 1.54) is 4.31 Å². The lowest BCUT2D eigenvalue weighted by atomic mass is 9.98. The average molecular weight is 483 g/mol. The lowest BCUT2D eigenvalue weighted by Crippen LogP contribution is -2.48. The van der Waals surface area contributed by atoms with Gasteiger partial charge in [-0.3, -0.25) is 20.4 Å². The Labute approximate surface area is 178 Å². The van der Waals surface area contributed by atoms with Gasteiger partial charge >= 0.3 is 0 Å². The van der Waals surface area contributed by atoms with Crippen molar-refractivity contribution in [1.29, 1.82) is 0 Å². The molecule has 0 bridgehead atoms. The molecule has 0 aliphatic carbocycles. The summed E-state index contributed by atoms with van der Waals surface area (Å²) in [5.74, 6) is -1.11. The molecule has 2 amide bonds. The second kappa shape index (κ2) is 8.68. The van der Waals surface area contributed by atoms with Crippen LogP contribution in [0.25, 0.3) is 0 Å². The Morgan fingerprint density at radius 3 is 2.28 bits per heavy atom. The topological polar surface area (TPSA) is 101 Å². The Morgan fingerprint density at radius 2 is 1.72 bits per heavy atom. The van der Waals surface area contributed by atoms with Crippen molar-refractivity contribution in [1.82, 2.24) is 19.7 Å². The minimum absolute atomic E-state index is 0.256. The summed E-state index contributed by atoms with van der Waals surface area (Å²) in [4.78, 5) is 24.8. The fourth-order valence-corrected chi connectivity index (χ4v) is 5.25. The second-order valence-electron chi connectivity index (χ2n) is 7.09. The minimum atomic E-state index is -3.57. The Bertz CT molecular complexity index is 1010. The Balaban J connectivity index is 1.53. The van der Waals surface area contributed by atoms with E-state index in [2.05, 4.69) is 26.8 Å². The number of nitrogens with one attached hydrogen (secondary N) is 2. The van der Waals surface area contributed by atoms with Gasteiger partial charge in [0.15, 0.2) is 0 Å². The first-order valence-electron chi connectivity index (χ1n) is 9.17. The van der Waals surface area contributed by atoms with Gasteiger partial charge in [0.25, 0.3) is 5.91 Å². The molecular weight excluding hydrogens is 460 g/mol. The number of halogens is 1. The molecule has 0 atom stereocenters. The van der Waals surface area contributed by atoms with Crippen LogP contribution in [0.5, 0.6) is 0 Å². The van der Waals surface area contributed by atoms with Gasteiger partial charge < -0.3 is 4.57 Å². The molecule has 2 heterocycles. The van der Waals surface area contributed by atoms with Gasteiger partial charge in [-0.1, -0.05) is 17.7 Å². The average Bonchev–Trinajstić information content (AvgIpc) is 3.04. The maximum absolute atomic E-state index is 12.7. The Morgan fingerprint density at radius 1 is 1.10 bits per heavy atom. The van der Waals surface area contributed by atoms with Crippen LogP contribution in [0.15, 0.2) is 45.9 Å². The third-order valence-corrected chi connectivity index (χ3v) is 7.33. The Kier molecular flexibility index (Phi) is 6.45. The van der Waals surface area contributed by atoms with E-state index in [1.807, 2.05) is 6.92 Å². The molecule has 0 saturated carbocycles. The number of aryl methyl sites for hydroxylation is 2. The normalized spacial score (nSPS) is 15.8. The molecule has 1 aliphatic heterocycles. The lowest BCUT2D eigenvalue weighted by Gasteiger charge is -2.30. The first kappa shape index (κ1) is 21.5. The molecule has 2 aromatic rings. The summed E-state index contributed by atoms with van der Waals surface area (Å²) in [6, 6.07) is 8.37. The number of rotatable bonds is 4. The maximum atomic E-state index is 12.7. The summed E-state index contributed by atoms with van der Waals surface area (Å²) in [6.07, 6.45) is 2.52. The van der Waals surface area contributed by atoms with Crippen LogP contribution < -0.4 is 10.9 Å². The number of amides is 2. The SMILES string of the molecule is Cc1ccc(S(=O)(=O)N2CCC(C(=O)NNC(=O)c3cc(Br)cn3C)CC2)cc1. The predicted molar refractivity (Wildman–Crippen MR) is 111 cm³/mol. The van der Waals surface area contributed by atoms with Crippen molar-refractivity contribution in [3.05, 3.63) is 52.3 Å². The van der Waals surface area contributed by atoms with Gasteiger partial charge in [0.2, 0.25) is 15.9 Å². The standard InChI is InChI=1S/C19H23BrN4O4S/c1-13-3-5-16(6-4-13)29(27,28)24-9-7-14(8-10-24)18(25)21-22-19(26)17-11-15(20)12-23(17)2/h3-6,11-12,14H,7-10H2,1-2H3,(H,21,25)(H,22,26). The molecule has 0 radical (unpaired) electrons. The number of benzene rings is 1. The number of hydrazine groups is 1. The number of nitrogens with zero attached hydrogens (tertiary/aromatic N) is 2. The van der Waals surface area contributed by atoms with Crippen LogP contribution in [0.1, 0.15) is 28.9 Å². The highest BCUT2D eigenvalue weighted by Gasteiger charge is 2.32. The monoisotopic (exact) mass is 482 g/mol. The smallest absolute Gasteiger partial charge is 0.286 e. The molecule has 3 rings (SSSR count). The number of hydrogen-bond donors (Lipinski definition) is 2. The molecule has 1 aliphatic rings. The van der Waals surface area contributed by atoms with Crippen LogP contribution in [-0.2, 0) is 21.9 Å². The quantitative estimate of drug-likeness (QED) is 0.650. The fourth-order valence-electron chi connectivity index (χ4n) is 3.25. The van der Waals surface area contributed by atoms with E-state index in [0.717, 1.165) is 10.0 Å². The van der Waals surface area contributed by atoms with Crippen LogP contribution in [0.4, 0.5) is 0 Å². The predicted octanol–water partition coefficient (Wildman–Crippen LogP) is 1.96. The zero-order chi connectivity index (χ0) is 21.2. The highest BCUT2D eigenvalue weighted by atomic mass is 79.9. The molecule has 2 N–H and O–H groups in total. The summed E-state index contributed by atoms with van der Waals surface area (Å²) in [5, 5.41) is 0. The highest BCUT2D eigenvalue weighted by molar-refractivity contribution is 9.10. The molecule has 156 valence electrons. The Hall–Kier alpha value is -2.17. The van der Waals surface area contributed by atoms with Crippen molar-refractivity contribution in [2.75, 3.05) is 13.1 Å². The van der Waals surface area contributed by atoms with Crippen molar-refractivity contribution in [3.8, 4) is 0 Å². The van der Waals surface area contributed by atoms with Crippen LogP contribution in [0.3, 0.4) is 0 Å². The van der Waals surface area contributed by atoms with Crippen molar-refractivity contribution in [2.24, 2.45) is 13.0 Å². The summed E-state index contributed by atoms with van der Waals surface area (Å²) in [5.41, 5.74) is 6.24. The van der Waals surface area contributed by atoms with Gasteiger partial charge in [0.1, 0.15) is 5.69 Å². The van der Waals surface area contributed by atoms with Gasteiger partial charge in [-0.15, -0.1) is 0 Å². The van der Waals surface area contributed by atoms with E-state index < -0.39 is 15.9 Å². The van der Waals surface area contributed by atoms with Gasteiger partial charge in [0.05, 0.1) is 4.90 Å². The molecule has 1 aromatic carbocycles. The zero-order valence-corrected chi connectivity index (χ0v) is 18.6. The maximum Gasteiger partial charge on any atom is 0.286 e. The van der Waals surface area contributed by atoms with Crippen LogP contribution >= 0.6 is 15.9 Å². The van der Waals surface area contributed by atoms with E-state index in [-0.39, 0.29) is 29.8 Å². The van der Waals surface area contributed by atoms with Crippen molar-refractivity contribution < 1.29 is 18.0 Å². The summed E-state index contributed by atoms with van der Waals surface area (Å²) in [7, 11) is -1.84. The van der Waals surface area contributed by atoms with E-state index in [1.54, 1.807) is 48.1 Å². The van der Waals surface area contributed by atoms with Gasteiger partial charge in [-0.2, -0.15) is 4.31 Å². The van der Waals surface area contributed by atoms with Gasteiger partial charge in [0, 0.05) is 36.7 Å². The summed E-state index contributed by atoms with van der Waals surface area (Å²) >= 11 is 3.29. The molecule has 0 spiro atoms. The van der Waals surface area contributed by atoms with E-state index in [0.29, 0.717) is 18.5 Å². The van der Waals surface area contributed by atoms with Crippen LogP contribution in [-0.4, -0.2) is 42.2 Å². The third-order valence-electron chi connectivity index (χ3n) is 4.99. The van der Waals surface area contributed by atoms with E-state index in [4.69, 9.17) is 0 Å². The molecular formula is C19H23BrN4O4S. The van der Waals surface area contributed by atoms with Crippen LogP contribution in [0, 0.1) is 12.8 Å². The largest absolute Gasteiger partial charge is 0.345 e. The van der Waals surface area contributed by atoms with Crippen molar-refractivity contribution >= 4 is 37.8 Å². The fraction of sp³-hybridized carbons (Fsp3) is 0.368. The molecule has 8 nitrogen and oxygen atoms in total. The number of piperidine rings is 1. The molecule has 1 aromatic heterocycles. The first-order valence-corrected chi connectivity index (χ1v) is 11.4. The lowest BCUT2D eigenvalue weighted by molar-refractivity contribution is -0.126. The molecule has 10 heteroatoms.